The molecule has 2 aromatic rings. The van der Waals surface area contributed by atoms with Crippen molar-refractivity contribution in [3.8, 4) is 11.5 Å². The number of nitrogens with zero attached hydrogens (tertiary/aromatic N) is 1. The van der Waals surface area contributed by atoms with Gasteiger partial charge >= 0.3 is 0 Å². The third-order valence-electron chi connectivity index (χ3n) is 5.13. The van der Waals surface area contributed by atoms with Gasteiger partial charge in [0.2, 0.25) is 10.0 Å². The summed E-state index contributed by atoms with van der Waals surface area (Å²) in [5.41, 5.74) is 0.231. The van der Waals surface area contributed by atoms with Gasteiger partial charge in [0.25, 0.3) is 5.91 Å². The number of halogens is 1. The molecule has 0 spiro atoms. The summed E-state index contributed by atoms with van der Waals surface area (Å²) in [4.78, 5) is 12.5. The van der Waals surface area contributed by atoms with E-state index in [-0.39, 0.29) is 28.6 Å². The van der Waals surface area contributed by atoms with Crippen molar-refractivity contribution in [3.63, 3.8) is 0 Å². The van der Waals surface area contributed by atoms with E-state index in [4.69, 9.17) is 21.1 Å². The molecule has 1 fully saturated rings. The fraction of sp³-hybridized carbons (Fsp3) is 0.409. The van der Waals surface area contributed by atoms with E-state index in [0.717, 1.165) is 12.8 Å². The molecule has 1 saturated heterocycles. The SMILES string of the molecule is COc1cccc(OCCNC(=O)c2ccc(Cl)c(S(=O)(=O)N3CCCC(C)C3)c2)c1. The Morgan fingerprint density at radius 1 is 1.23 bits per heavy atom. The molecule has 0 saturated carbocycles. The Hall–Kier alpha value is -2.29. The molecule has 1 aliphatic heterocycles. The van der Waals surface area contributed by atoms with Crippen molar-refractivity contribution in [3.05, 3.63) is 53.1 Å². The summed E-state index contributed by atoms with van der Waals surface area (Å²) in [6, 6.07) is 11.5. The third kappa shape index (κ3) is 5.90. The lowest BCUT2D eigenvalue weighted by molar-refractivity contribution is 0.0946. The standard InChI is InChI=1S/C22H27ClN2O5S/c1-16-5-4-11-25(15-16)31(27,28)21-13-17(8-9-20(21)23)22(26)24-10-12-30-19-7-3-6-18(14-19)29-2/h3,6-9,13-14,16H,4-5,10-12,15H2,1-2H3,(H,24,26). The van der Waals surface area contributed by atoms with Gasteiger partial charge in [0.05, 0.1) is 18.7 Å². The molecule has 1 N–H and O–H groups in total. The third-order valence-corrected chi connectivity index (χ3v) is 7.48. The molecule has 0 bridgehead atoms. The summed E-state index contributed by atoms with van der Waals surface area (Å²) in [7, 11) is -2.19. The molecule has 1 aliphatic rings. The number of hydrogen-bond acceptors (Lipinski definition) is 5. The fourth-order valence-corrected chi connectivity index (χ4v) is 5.57. The first-order chi connectivity index (χ1) is 14.8. The molecule has 3 rings (SSSR count). The average molecular weight is 467 g/mol. The first-order valence-corrected chi connectivity index (χ1v) is 12.0. The molecule has 0 aromatic heterocycles. The highest BCUT2D eigenvalue weighted by atomic mass is 35.5. The second-order valence-corrected chi connectivity index (χ2v) is 9.85. The molecule has 2 aromatic carbocycles. The van der Waals surface area contributed by atoms with Crippen LogP contribution in [0.4, 0.5) is 0 Å². The zero-order chi connectivity index (χ0) is 22.4. The van der Waals surface area contributed by atoms with Gasteiger partial charge in [-0.2, -0.15) is 4.31 Å². The minimum Gasteiger partial charge on any atom is -0.497 e. The van der Waals surface area contributed by atoms with Crippen LogP contribution in [0, 0.1) is 5.92 Å². The van der Waals surface area contributed by atoms with Gasteiger partial charge in [-0.3, -0.25) is 4.79 Å². The van der Waals surface area contributed by atoms with Gasteiger partial charge in [-0.1, -0.05) is 24.6 Å². The van der Waals surface area contributed by atoms with Crippen LogP contribution in [0.3, 0.4) is 0 Å². The van der Waals surface area contributed by atoms with Gasteiger partial charge in [-0.05, 0) is 49.1 Å². The molecule has 31 heavy (non-hydrogen) atoms. The Labute approximate surface area is 188 Å². The fourth-order valence-electron chi connectivity index (χ4n) is 3.47. The van der Waals surface area contributed by atoms with Gasteiger partial charge < -0.3 is 14.8 Å². The first kappa shape index (κ1) is 23.4. The van der Waals surface area contributed by atoms with Crippen molar-refractivity contribution >= 4 is 27.5 Å². The van der Waals surface area contributed by atoms with E-state index in [1.807, 2.05) is 19.1 Å². The minimum absolute atomic E-state index is 0.0384. The van der Waals surface area contributed by atoms with E-state index in [0.29, 0.717) is 30.5 Å². The second-order valence-electron chi connectivity index (χ2n) is 7.54. The number of rotatable bonds is 8. The van der Waals surface area contributed by atoms with Crippen molar-refractivity contribution in [2.75, 3.05) is 33.4 Å². The van der Waals surface area contributed by atoms with Crippen molar-refractivity contribution in [1.82, 2.24) is 9.62 Å². The second kappa shape index (κ2) is 10.3. The Balaban J connectivity index is 1.63. The normalized spacial score (nSPS) is 17.2. The van der Waals surface area contributed by atoms with Gasteiger partial charge in [-0.15, -0.1) is 0 Å². The Morgan fingerprint density at radius 2 is 2.00 bits per heavy atom. The number of amides is 1. The maximum Gasteiger partial charge on any atom is 0.251 e. The van der Waals surface area contributed by atoms with Crippen molar-refractivity contribution < 1.29 is 22.7 Å². The Kier molecular flexibility index (Phi) is 7.80. The number of sulfonamides is 1. The lowest BCUT2D eigenvalue weighted by atomic mass is 10.0. The highest BCUT2D eigenvalue weighted by molar-refractivity contribution is 7.89. The van der Waals surface area contributed by atoms with Crippen LogP contribution < -0.4 is 14.8 Å². The van der Waals surface area contributed by atoms with Crippen LogP contribution in [0.5, 0.6) is 11.5 Å². The van der Waals surface area contributed by atoms with Crippen LogP contribution in [0.25, 0.3) is 0 Å². The van der Waals surface area contributed by atoms with Crippen LogP contribution in [-0.4, -0.2) is 52.0 Å². The van der Waals surface area contributed by atoms with E-state index in [2.05, 4.69) is 5.32 Å². The predicted octanol–water partition coefficient (Wildman–Crippen LogP) is 3.58. The highest BCUT2D eigenvalue weighted by Crippen LogP contribution is 2.29. The number of ether oxygens (including phenoxy) is 2. The Morgan fingerprint density at radius 3 is 2.74 bits per heavy atom. The summed E-state index contributed by atoms with van der Waals surface area (Å²) in [6.07, 6.45) is 1.81. The largest absolute Gasteiger partial charge is 0.497 e. The quantitative estimate of drug-likeness (QED) is 0.601. The summed E-state index contributed by atoms with van der Waals surface area (Å²) in [5, 5.41) is 2.84. The van der Waals surface area contributed by atoms with Crippen LogP contribution in [0.15, 0.2) is 47.4 Å². The van der Waals surface area contributed by atoms with Gasteiger partial charge in [0, 0.05) is 24.7 Å². The summed E-state index contributed by atoms with van der Waals surface area (Å²) >= 11 is 6.19. The molecule has 0 aliphatic carbocycles. The van der Waals surface area contributed by atoms with Crippen LogP contribution in [0.2, 0.25) is 5.02 Å². The topological polar surface area (TPSA) is 84.9 Å². The maximum absolute atomic E-state index is 13.1. The van der Waals surface area contributed by atoms with Crippen LogP contribution in [-0.2, 0) is 10.0 Å². The predicted molar refractivity (Wildman–Crippen MR) is 119 cm³/mol. The zero-order valence-electron chi connectivity index (χ0n) is 17.6. The average Bonchev–Trinajstić information content (AvgIpc) is 2.77. The number of nitrogens with one attached hydrogen (secondary N) is 1. The van der Waals surface area contributed by atoms with Gasteiger partial charge in [-0.25, -0.2) is 8.42 Å². The molecule has 1 unspecified atom stereocenters. The molecule has 7 nitrogen and oxygen atoms in total. The number of carbonyl (C=O) groups excluding carboxylic acids is 1. The molecule has 9 heteroatoms. The maximum atomic E-state index is 13.1. The van der Waals surface area contributed by atoms with Gasteiger partial charge in [0.1, 0.15) is 23.0 Å². The smallest absolute Gasteiger partial charge is 0.251 e. The minimum atomic E-state index is -3.76. The van der Waals surface area contributed by atoms with E-state index < -0.39 is 15.9 Å². The van der Waals surface area contributed by atoms with E-state index >= 15 is 0 Å². The molecule has 1 atom stereocenters. The van der Waals surface area contributed by atoms with Crippen molar-refractivity contribution in [1.29, 1.82) is 0 Å². The summed E-state index contributed by atoms with van der Waals surface area (Å²) in [6.45, 7) is 3.45. The first-order valence-electron chi connectivity index (χ1n) is 10.2. The highest BCUT2D eigenvalue weighted by Gasteiger charge is 2.30. The molecule has 0 radical (unpaired) electrons. The van der Waals surface area contributed by atoms with Crippen LogP contribution in [0.1, 0.15) is 30.1 Å². The number of hydrogen-bond donors (Lipinski definition) is 1. The molecular weight excluding hydrogens is 440 g/mol. The Bertz CT molecular complexity index is 1030. The number of carbonyl (C=O) groups is 1. The number of methoxy groups -OCH3 is 1. The van der Waals surface area contributed by atoms with E-state index in [1.165, 1.54) is 22.5 Å². The monoisotopic (exact) mass is 466 g/mol. The molecule has 1 amide bonds. The number of piperidine rings is 1. The zero-order valence-corrected chi connectivity index (χ0v) is 19.2. The van der Waals surface area contributed by atoms with Gasteiger partial charge in [0.15, 0.2) is 0 Å². The van der Waals surface area contributed by atoms with Crippen molar-refractivity contribution in [2.45, 2.75) is 24.7 Å². The molecule has 1 heterocycles. The van der Waals surface area contributed by atoms with Crippen LogP contribution >= 0.6 is 11.6 Å². The lowest BCUT2D eigenvalue weighted by Crippen LogP contribution is -2.39. The molecular formula is C22H27ClN2O5S. The number of benzene rings is 2. The van der Waals surface area contributed by atoms with E-state index in [9.17, 15) is 13.2 Å². The summed E-state index contributed by atoms with van der Waals surface area (Å²) < 4.78 is 38.4. The van der Waals surface area contributed by atoms with Crippen molar-refractivity contribution in [2.24, 2.45) is 5.92 Å². The van der Waals surface area contributed by atoms with E-state index in [1.54, 1.807) is 19.2 Å². The lowest BCUT2D eigenvalue weighted by Gasteiger charge is -2.30. The molecule has 168 valence electrons. The summed E-state index contributed by atoms with van der Waals surface area (Å²) in [5.74, 6) is 1.21.